The molecule has 0 saturated carbocycles. The number of rotatable bonds is 7. The first kappa shape index (κ1) is 10.5. The first-order valence-electron chi connectivity index (χ1n) is 4.01. The van der Waals surface area contributed by atoms with Crippen molar-refractivity contribution in [1.82, 2.24) is 0 Å². The predicted molar refractivity (Wildman–Crippen MR) is 53.1 cm³/mol. The van der Waals surface area contributed by atoms with Gasteiger partial charge in [-0.3, -0.25) is 0 Å². The van der Waals surface area contributed by atoms with Crippen LogP contribution in [0.1, 0.15) is 12.8 Å². The Hall–Kier alpha value is 0.527. The average molecular weight is 178 g/mol. The van der Waals surface area contributed by atoms with Crippen LogP contribution >= 0.6 is 12.6 Å². The summed E-state index contributed by atoms with van der Waals surface area (Å²) in [7, 11) is 2.02. The van der Waals surface area contributed by atoms with Crippen LogP contribution in [0.2, 0.25) is 12.1 Å². The van der Waals surface area contributed by atoms with Crippen LogP contribution < -0.4 is 0 Å². The highest BCUT2D eigenvalue weighted by Crippen LogP contribution is 1.96. The van der Waals surface area contributed by atoms with Crippen molar-refractivity contribution in [3.05, 3.63) is 0 Å². The largest absolute Gasteiger partial charge is 0.385 e. The standard InChI is InChI=1S/C7H18OSSi/c1-8-4-2-6-10-7-3-5-9/h9H,2-7,10H2,1H3. The van der Waals surface area contributed by atoms with Gasteiger partial charge in [-0.15, -0.1) is 0 Å². The predicted octanol–water partition coefficient (Wildman–Crippen LogP) is 1.35. The van der Waals surface area contributed by atoms with Gasteiger partial charge in [-0.1, -0.05) is 12.1 Å². The Bertz CT molecular complexity index is 53.6. The normalized spacial score (nSPS) is 11.4. The summed E-state index contributed by atoms with van der Waals surface area (Å²) in [5.41, 5.74) is 0. The Morgan fingerprint density at radius 2 is 2.00 bits per heavy atom. The molecule has 0 fully saturated rings. The molecule has 0 unspecified atom stereocenters. The smallest absolute Gasteiger partial charge is 0.0459 e. The SMILES string of the molecule is COCCC[SiH2]CCCS. The lowest BCUT2D eigenvalue weighted by molar-refractivity contribution is 0.199. The molecule has 0 amide bonds. The number of thiol groups is 1. The zero-order valence-electron chi connectivity index (χ0n) is 6.81. The van der Waals surface area contributed by atoms with Crippen LogP contribution in [0.15, 0.2) is 0 Å². The average Bonchev–Trinajstić information content (AvgIpc) is 1.97. The lowest BCUT2D eigenvalue weighted by Gasteiger charge is -1.97. The Kier molecular flexibility index (Phi) is 10.0. The van der Waals surface area contributed by atoms with E-state index in [2.05, 4.69) is 12.6 Å². The van der Waals surface area contributed by atoms with Crippen LogP contribution in [0.25, 0.3) is 0 Å². The summed E-state index contributed by atoms with van der Waals surface area (Å²) in [5, 5.41) is 0. The first-order valence-corrected chi connectivity index (χ1v) is 6.65. The second-order valence-corrected chi connectivity index (χ2v) is 5.05. The highest BCUT2D eigenvalue weighted by atomic mass is 32.1. The van der Waals surface area contributed by atoms with E-state index in [1.54, 1.807) is 7.11 Å². The third-order valence-electron chi connectivity index (χ3n) is 1.51. The van der Waals surface area contributed by atoms with Crippen LogP contribution in [0.5, 0.6) is 0 Å². The van der Waals surface area contributed by atoms with Crippen molar-refractivity contribution in [3.8, 4) is 0 Å². The van der Waals surface area contributed by atoms with E-state index >= 15 is 0 Å². The van der Waals surface area contributed by atoms with E-state index in [0.717, 1.165) is 12.4 Å². The Balaban J connectivity index is 2.65. The number of methoxy groups -OCH3 is 1. The number of hydrogen-bond donors (Lipinski definition) is 1. The zero-order chi connectivity index (χ0) is 7.66. The van der Waals surface area contributed by atoms with Gasteiger partial charge in [0, 0.05) is 23.2 Å². The summed E-state index contributed by atoms with van der Waals surface area (Å²) in [4.78, 5) is 0. The van der Waals surface area contributed by atoms with Crippen molar-refractivity contribution in [2.24, 2.45) is 0 Å². The highest BCUT2D eigenvalue weighted by Gasteiger charge is 1.88. The molecular formula is C7H18OSSi. The van der Waals surface area contributed by atoms with Gasteiger partial charge in [-0.2, -0.15) is 12.6 Å². The van der Waals surface area contributed by atoms with Crippen LogP contribution in [-0.2, 0) is 4.74 Å². The van der Waals surface area contributed by atoms with E-state index in [1.165, 1.54) is 24.9 Å². The van der Waals surface area contributed by atoms with E-state index < -0.39 is 0 Å². The summed E-state index contributed by atoms with van der Waals surface area (Å²) in [6, 6.07) is 2.91. The van der Waals surface area contributed by atoms with Gasteiger partial charge in [0.05, 0.1) is 0 Å². The van der Waals surface area contributed by atoms with Gasteiger partial charge in [0.15, 0.2) is 0 Å². The van der Waals surface area contributed by atoms with Crippen molar-refractivity contribution >= 4 is 22.1 Å². The Morgan fingerprint density at radius 3 is 2.60 bits per heavy atom. The molecule has 0 spiro atoms. The van der Waals surface area contributed by atoms with Gasteiger partial charge in [-0.05, 0) is 18.6 Å². The topological polar surface area (TPSA) is 9.23 Å². The van der Waals surface area contributed by atoms with Gasteiger partial charge in [-0.25, -0.2) is 0 Å². The second-order valence-electron chi connectivity index (χ2n) is 2.48. The van der Waals surface area contributed by atoms with Gasteiger partial charge >= 0.3 is 0 Å². The molecule has 0 heterocycles. The molecule has 3 heteroatoms. The summed E-state index contributed by atoms with van der Waals surface area (Å²) in [6.07, 6.45) is 2.59. The van der Waals surface area contributed by atoms with Crippen LogP contribution in [0.3, 0.4) is 0 Å². The molecule has 0 aromatic heterocycles. The lowest BCUT2D eigenvalue weighted by Crippen LogP contribution is -1.94. The minimum absolute atomic E-state index is 0.251. The van der Waals surface area contributed by atoms with Crippen LogP contribution in [-0.4, -0.2) is 29.0 Å². The van der Waals surface area contributed by atoms with E-state index in [1.807, 2.05) is 0 Å². The van der Waals surface area contributed by atoms with Crippen molar-refractivity contribution in [2.75, 3.05) is 19.5 Å². The molecule has 1 nitrogen and oxygen atoms in total. The summed E-state index contributed by atoms with van der Waals surface area (Å²) in [5.74, 6) is 1.07. The van der Waals surface area contributed by atoms with Gasteiger partial charge < -0.3 is 4.74 Å². The molecule has 0 aliphatic rings. The lowest BCUT2D eigenvalue weighted by atomic mass is 10.5. The zero-order valence-corrected chi connectivity index (χ0v) is 9.11. The summed E-state index contributed by atoms with van der Waals surface area (Å²) < 4.78 is 4.96. The molecule has 0 rings (SSSR count). The van der Waals surface area contributed by atoms with Crippen molar-refractivity contribution in [3.63, 3.8) is 0 Å². The Labute approximate surface area is 71.8 Å². The van der Waals surface area contributed by atoms with Crippen molar-refractivity contribution in [1.29, 1.82) is 0 Å². The molecule has 10 heavy (non-hydrogen) atoms. The maximum absolute atomic E-state index is 4.96. The van der Waals surface area contributed by atoms with Crippen molar-refractivity contribution in [2.45, 2.75) is 24.9 Å². The third-order valence-corrected chi connectivity index (χ3v) is 3.82. The monoisotopic (exact) mass is 178 g/mol. The van der Waals surface area contributed by atoms with E-state index in [0.29, 0.717) is 0 Å². The summed E-state index contributed by atoms with van der Waals surface area (Å²) >= 11 is 4.16. The van der Waals surface area contributed by atoms with E-state index in [-0.39, 0.29) is 9.52 Å². The maximum Gasteiger partial charge on any atom is 0.0459 e. The molecule has 0 N–H and O–H groups in total. The second kappa shape index (κ2) is 9.53. The molecule has 62 valence electrons. The minimum Gasteiger partial charge on any atom is -0.385 e. The van der Waals surface area contributed by atoms with Gasteiger partial charge in [0.25, 0.3) is 0 Å². The molecule has 0 aliphatic heterocycles. The quantitative estimate of drug-likeness (QED) is 0.352. The van der Waals surface area contributed by atoms with Gasteiger partial charge in [0.1, 0.15) is 0 Å². The molecule has 0 saturated heterocycles. The van der Waals surface area contributed by atoms with Crippen LogP contribution in [0, 0.1) is 0 Å². The third kappa shape index (κ3) is 8.53. The fourth-order valence-electron chi connectivity index (χ4n) is 0.889. The molecule has 0 atom stereocenters. The van der Waals surface area contributed by atoms with E-state index in [4.69, 9.17) is 4.74 Å². The molecule has 0 bridgehead atoms. The number of hydrogen-bond acceptors (Lipinski definition) is 2. The Morgan fingerprint density at radius 1 is 1.30 bits per heavy atom. The van der Waals surface area contributed by atoms with Crippen LogP contribution in [0.4, 0.5) is 0 Å². The molecule has 0 aromatic carbocycles. The fourth-order valence-corrected chi connectivity index (χ4v) is 3.05. The molecular weight excluding hydrogens is 160 g/mol. The minimum atomic E-state index is 0.251. The van der Waals surface area contributed by atoms with E-state index in [9.17, 15) is 0 Å². The maximum atomic E-state index is 4.96. The fraction of sp³-hybridized carbons (Fsp3) is 1.00. The molecule has 0 radical (unpaired) electrons. The summed E-state index contributed by atoms with van der Waals surface area (Å²) in [6.45, 7) is 0.952. The van der Waals surface area contributed by atoms with Gasteiger partial charge in [0.2, 0.25) is 0 Å². The first-order chi connectivity index (χ1) is 4.91. The highest BCUT2D eigenvalue weighted by molar-refractivity contribution is 7.80. The molecule has 0 aliphatic carbocycles. The molecule has 0 aromatic rings. The number of ether oxygens (including phenoxy) is 1. The van der Waals surface area contributed by atoms with Crippen molar-refractivity contribution < 1.29 is 4.74 Å².